The fourth-order valence-electron chi connectivity index (χ4n) is 1.83. The van der Waals surface area contributed by atoms with Crippen molar-refractivity contribution in [3.8, 4) is 5.75 Å². The molecule has 2 bridgehead atoms. The van der Waals surface area contributed by atoms with Crippen molar-refractivity contribution in [1.29, 1.82) is 0 Å². The van der Waals surface area contributed by atoms with E-state index in [0.717, 1.165) is 17.9 Å². The van der Waals surface area contributed by atoms with Crippen molar-refractivity contribution in [2.45, 2.75) is 13.0 Å². The topological polar surface area (TPSA) is 139 Å². The Morgan fingerprint density at radius 2 is 1.73 bits per heavy atom. The van der Waals surface area contributed by atoms with Crippen LogP contribution in [0, 0.1) is 10.1 Å². The SMILES string of the molecule is O=C(O)C(=O)O.O=[N+]([O-])NCCc1ccccc1.c1cc2cc(c1)OC2. The van der Waals surface area contributed by atoms with Gasteiger partial charge in [0.05, 0.1) is 6.54 Å². The Balaban J connectivity index is 0.000000209. The quantitative estimate of drug-likeness (QED) is 0.425. The van der Waals surface area contributed by atoms with Crippen molar-refractivity contribution >= 4 is 11.9 Å². The fourth-order valence-corrected chi connectivity index (χ4v) is 1.83. The first-order valence-electron chi connectivity index (χ1n) is 7.48. The van der Waals surface area contributed by atoms with Gasteiger partial charge < -0.3 is 14.9 Å². The fraction of sp³-hybridized carbons (Fsp3) is 0.176. The lowest BCUT2D eigenvalue weighted by Crippen LogP contribution is -2.23. The van der Waals surface area contributed by atoms with Gasteiger partial charge >= 0.3 is 11.9 Å². The number of benzene rings is 2. The summed E-state index contributed by atoms with van der Waals surface area (Å²) >= 11 is 0. The number of nitro groups is 1. The zero-order chi connectivity index (χ0) is 19.4. The molecule has 26 heavy (non-hydrogen) atoms. The summed E-state index contributed by atoms with van der Waals surface area (Å²) in [5, 5.41) is 24.1. The number of hydrogen-bond acceptors (Lipinski definition) is 5. The lowest BCUT2D eigenvalue weighted by molar-refractivity contribution is -0.543. The van der Waals surface area contributed by atoms with E-state index in [-0.39, 0.29) is 0 Å². The standard InChI is InChI=1S/C8H10N2O2.C7H6O.C2H2O4/c11-10(12)9-7-6-8-4-2-1-3-5-8;1-2-6-4-7(3-1)8-5-6;3-1(4)2(5)6/h1-5,9H,6-7H2;1-4H,5H2;(H,3,4)(H,5,6). The number of hydrazine groups is 1. The van der Waals surface area contributed by atoms with Gasteiger partial charge in [0.1, 0.15) is 12.4 Å². The second kappa shape index (κ2) is 11.0. The number of carboxylic acid groups (broad SMARTS) is 2. The van der Waals surface area contributed by atoms with Crippen molar-refractivity contribution in [2.24, 2.45) is 0 Å². The van der Waals surface area contributed by atoms with E-state index in [9.17, 15) is 10.1 Å². The van der Waals surface area contributed by atoms with E-state index in [2.05, 4.69) is 17.6 Å². The Hall–Kier alpha value is -3.62. The highest BCUT2D eigenvalue weighted by Crippen LogP contribution is 2.20. The van der Waals surface area contributed by atoms with E-state index >= 15 is 0 Å². The molecule has 9 heteroatoms. The second-order valence-electron chi connectivity index (χ2n) is 4.95. The van der Waals surface area contributed by atoms with E-state index in [1.807, 2.05) is 42.5 Å². The highest BCUT2D eigenvalue weighted by Gasteiger charge is 2.04. The van der Waals surface area contributed by atoms with Crippen LogP contribution >= 0.6 is 0 Å². The van der Waals surface area contributed by atoms with Crippen molar-refractivity contribution in [3.05, 3.63) is 75.8 Å². The van der Waals surface area contributed by atoms with Crippen LogP contribution in [0.4, 0.5) is 0 Å². The van der Waals surface area contributed by atoms with Crippen LogP contribution in [-0.4, -0.2) is 33.7 Å². The van der Waals surface area contributed by atoms with Crippen molar-refractivity contribution in [2.75, 3.05) is 6.54 Å². The molecule has 138 valence electrons. The molecule has 0 radical (unpaired) electrons. The summed E-state index contributed by atoms with van der Waals surface area (Å²) in [5.74, 6) is -2.65. The van der Waals surface area contributed by atoms with E-state index in [1.165, 1.54) is 5.56 Å². The first-order valence-corrected chi connectivity index (χ1v) is 7.48. The maximum absolute atomic E-state index is 9.88. The third-order valence-electron chi connectivity index (χ3n) is 2.98. The lowest BCUT2D eigenvalue weighted by Gasteiger charge is -1.97. The minimum Gasteiger partial charge on any atom is -0.489 e. The number of carbonyl (C=O) groups is 2. The molecule has 0 atom stereocenters. The predicted molar refractivity (Wildman–Crippen MR) is 91.2 cm³/mol. The average molecular weight is 362 g/mol. The Bertz CT molecular complexity index is 704. The van der Waals surface area contributed by atoms with Crippen molar-refractivity contribution in [1.82, 2.24) is 5.43 Å². The molecule has 0 aromatic heterocycles. The minimum atomic E-state index is -1.82. The Kier molecular flexibility index (Phi) is 8.66. The van der Waals surface area contributed by atoms with E-state index in [0.29, 0.717) is 13.0 Å². The number of fused-ring (bicyclic) bond motifs is 2. The number of aliphatic carboxylic acids is 2. The van der Waals surface area contributed by atoms with Crippen molar-refractivity contribution < 1.29 is 29.6 Å². The molecule has 3 N–H and O–H groups in total. The summed E-state index contributed by atoms with van der Waals surface area (Å²) in [4.78, 5) is 28.1. The molecule has 0 fully saturated rings. The number of hydrogen-bond donors (Lipinski definition) is 3. The minimum absolute atomic E-state index is 0.372. The molecular weight excluding hydrogens is 344 g/mol. The maximum Gasteiger partial charge on any atom is 0.414 e. The number of carboxylic acids is 2. The van der Waals surface area contributed by atoms with Crippen molar-refractivity contribution in [3.63, 3.8) is 0 Å². The molecule has 0 spiro atoms. The van der Waals surface area contributed by atoms with Crippen LogP contribution in [0.5, 0.6) is 5.75 Å². The zero-order valence-corrected chi connectivity index (χ0v) is 13.7. The molecule has 0 aliphatic carbocycles. The van der Waals surface area contributed by atoms with Gasteiger partial charge in [-0.2, -0.15) is 0 Å². The highest BCUT2D eigenvalue weighted by atomic mass is 16.7. The summed E-state index contributed by atoms with van der Waals surface area (Å²) in [7, 11) is 0. The summed E-state index contributed by atoms with van der Waals surface area (Å²) < 4.78 is 5.18. The summed E-state index contributed by atoms with van der Waals surface area (Å²) in [6, 6.07) is 17.8. The first-order chi connectivity index (χ1) is 12.4. The second-order valence-corrected chi connectivity index (χ2v) is 4.95. The van der Waals surface area contributed by atoms with Gasteiger partial charge in [-0.1, -0.05) is 42.5 Å². The van der Waals surface area contributed by atoms with Crippen LogP contribution in [0.15, 0.2) is 54.6 Å². The van der Waals surface area contributed by atoms with Crippen LogP contribution < -0.4 is 10.2 Å². The smallest absolute Gasteiger partial charge is 0.414 e. The van der Waals surface area contributed by atoms with Gasteiger partial charge in [0.15, 0.2) is 5.03 Å². The predicted octanol–water partition coefficient (Wildman–Crippen LogP) is 1.75. The van der Waals surface area contributed by atoms with E-state index < -0.39 is 17.0 Å². The van der Waals surface area contributed by atoms with Gasteiger partial charge in [0.2, 0.25) is 0 Å². The normalized spacial score (nSPS) is 10.2. The van der Waals surface area contributed by atoms with Gasteiger partial charge in [-0.25, -0.2) is 19.7 Å². The molecule has 0 saturated carbocycles. The van der Waals surface area contributed by atoms with E-state index in [1.54, 1.807) is 0 Å². The lowest BCUT2D eigenvalue weighted by atomic mass is 10.2. The Labute approximate surface area is 149 Å². The monoisotopic (exact) mass is 362 g/mol. The Morgan fingerprint density at radius 3 is 2.23 bits per heavy atom. The molecule has 3 rings (SSSR count). The Morgan fingerprint density at radius 1 is 1.08 bits per heavy atom. The van der Waals surface area contributed by atoms with Crippen LogP contribution in [-0.2, 0) is 22.6 Å². The third kappa shape index (κ3) is 8.87. The third-order valence-corrected chi connectivity index (χ3v) is 2.98. The molecule has 0 unspecified atom stereocenters. The molecule has 2 aromatic carbocycles. The number of nitrogens with one attached hydrogen (secondary N) is 1. The molecule has 2 aromatic rings. The van der Waals surface area contributed by atoms with Crippen LogP contribution in [0.3, 0.4) is 0 Å². The number of ether oxygens (including phenoxy) is 1. The van der Waals surface area contributed by atoms with Gasteiger partial charge in [-0.3, -0.25) is 0 Å². The van der Waals surface area contributed by atoms with Crippen LogP contribution in [0.1, 0.15) is 11.1 Å². The summed E-state index contributed by atoms with van der Waals surface area (Å²) in [6.07, 6.45) is 0.682. The molecule has 0 amide bonds. The van der Waals surface area contributed by atoms with E-state index in [4.69, 9.17) is 24.5 Å². The number of nitrogens with zero attached hydrogens (tertiary/aromatic N) is 1. The summed E-state index contributed by atoms with van der Waals surface area (Å²) in [6.45, 7) is 1.14. The van der Waals surface area contributed by atoms with Gasteiger partial charge in [0, 0.05) is 0 Å². The first kappa shape index (κ1) is 20.4. The largest absolute Gasteiger partial charge is 0.489 e. The molecule has 1 aliphatic rings. The molecule has 0 saturated heterocycles. The molecule has 1 heterocycles. The zero-order valence-electron chi connectivity index (χ0n) is 13.7. The van der Waals surface area contributed by atoms with Gasteiger partial charge in [-0.05, 0) is 29.7 Å². The molecule has 1 aliphatic heterocycles. The molecule has 9 nitrogen and oxygen atoms in total. The number of rotatable bonds is 4. The highest BCUT2D eigenvalue weighted by molar-refractivity contribution is 6.27. The maximum atomic E-state index is 9.88. The van der Waals surface area contributed by atoms with Gasteiger partial charge in [0.25, 0.3) is 0 Å². The van der Waals surface area contributed by atoms with Crippen LogP contribution in [0.2, 0.25) is 0 Å². The summed E-state index contributed by atoms with van der Waals surface area (Å²) in [5.41, 5.74) is 4.50. The average Bonchev–Trinajstić information content (AvgIpc) is 2.94. The van der Waals surface area contributed by atoms with Crippen LogP contribution in [0.25, 0.3) is 0 Å². The van der Waals surface area contributed by atoms with Gasteiger partial charge in [-0.15, -0.1) is 5.43 Å². The molecular formula is C17H18N2O7.